The summed E-state index contributed by atoms with van der Waals surface area (Å²) in [5.74, 6) is 0.753. The minimum Gasteiger partial charge on any atom is -0.416 e. The Hall–Kier alpha value is -0.163. The highest BCUT2D eigenvalue weighted by Gasteiger charge is 2.42. The second kappa shape index (κ2) is 8.48. The number of ether oxygens (including phenoxy) is 2. The molecule has 4 atom stereocenters. The Balaban J connectivity index is 1.97. The molecule has 24 heavy (non-hydrogen) atoms. The molecular formula is C20H36O3Si. The van der Waals surface area contributed by atoms with Gasteiger partial charge in [-0.25, -0.2) is 0 Å². The van der Waals surface area contributed by atoms with Crippen molar-refractivity contribution in [2.45, 2.75) is 83.4 Å². The van der Waals surface area contributed by atoms with Gasteiger partial charge in [0.1, 0.15) is 0 Å². The Kier molecular flexibility index (Phi) is 7.12. The number of hydrogen-bond acceptors (Lipinski definition) is 3. The molecule has 2 fully saturated rings. The molecule has 1 aliphatic carbocycles. The van der Waals surface area contributed by atoms with Crippen LogP contribution < -0.4 is 0 Å². The minimum atomic E-state index is -1.75. The molecule has 0 aromatic rings. The van der Waals surface area contributed by atoms with E-state index in [1.165, 1.54) is 6.42 Å². The Morgan fingerprint density at radius 3 is 2.62 bits per heavy atom. The van der Waals surface area contributed by atoms with E-state index in [0.717, 1.165) is 38.9 Å². The van der Waals surface area contributed by atoms with Crippen LogP contribution in [0.2, 0.25) is 18.1 Å². The van der Waals surface area contributed by atoms with E-state index in [2.05, 4.69) is 46.9 Å². The van der Waals surface area contributed by atoms with Gasteiger partial charge < -0.3 is 13.9 Å². The van der Waals surface area contributed by atoms with Crippen LogP contribution in [0, 0.1) is 18.3 Å². The predicted molar refractivity (Wildman–Crippen MR) is 101 cm³/mol. The summed E-state index contributed by atoms with van der Waals surface area (Å²) in [7, 11) is -1.75. The Morgan fingerprint density at radius 1 is 1.29 bits per heavy atom. The topological polar surface area (TPSA) is 27.7 Å². The molecule has 2 aliphatic rings. The van der Waals surface area contributed by atoms with Gasteiger partial charge in [-0.3, -0.25) is 0 Å². The lowest BCUT2D eigenvalue weighted by molar-refractivity contribution is -0.197. The van der Waals surface area contributed by atoms with Gasteiger partial charge in [-0.2, -0.15) is 0 Å². The number of allylic oxidation sites excluding steroid dienone is 1. The Bertz CT molecular complexity index is 396. The van der Waals surface area contributed by atoms with Gasteiger partial charge in [-0.1, -0.05) is 26.8 Å². The van der Waals surface area contributed by atoms with Gasteiger partial charge in [0, 0.05) is 19.1 Å². The minimum absolute atomic E-state index is 0.0385. The van der Waals surface area contributed by atoms with E-state index >= 15 is 0 Å². The Morgan fingerprint density at radius 2 is 2.04 bits per heavy atom. The van der Waals surface area contributed by atoms with E-state index in [9.17, 15) is 0 Å². The molecule has 2 rings (SSSR count). The lowest BCUT2D eigenvalue weighted by Crippen LogP contribution is -2.43. The first-order chi connectivity index (χ1) is 11.2. The molecular weight excluding hydrogens is 316 g/mol. The van der Waals surface area contributed by atoms with Gasteiger partial charge in [-0.15, -0.1) is 6.58 Å². The van der Waals surface area contributed by atoms with Crippen LogP contribution in [0.4, 0.5) is 0 Å². The average Bonchev–Trinajstić information content (AvgIpc) is 2.87. The van der Waals surface area contributed by atoms with E-state index in [1.54, 1.807) is 0 Å². The van der Waals surface area contributed by atoms with Crippen molar-refractivity contribution in [2.24, 2.45) is 11.8 Å². The lowest BCUT2D eigenvalue weighted by Gasteiger charge is -2.38. The van der Waals surface area contributed by atoms with Crippen LogP contribution >= 0.6 is 0 Å². The van der Waals surface area contributed by atoms with Crippen molar-refractivity contribution >= 4 is 8.32 Å². The van der Waals surface area contributed by atoms with Gasteiger partial charge in [0.2, 0.25) is 0 Å². The first kappa shape index (κ1) is 20.2. The molecule has 1 saturated carbocycles. The van der Waals surface area contributed by atoms with Crippen LogP contribution in [0.25, 0.3) is 0 Å². The molecule has 0 aromatic carbocycles. The molecule has 0 bridgehead atoms. The van der Waals surface area contributed by atoms with Crippen molar-refractivity contribution in [1.29, 1.82) is 0 Å². The van der Waals surface area contributed by atoms with E-state index < -0.39 is 8.32 Å². The lowest BCUT2D eigenvalue weighted by atomic mass is 9.92. The molecule has 1 aliphatic heterocycles. The highest BCUT2D eigenvalue weighted by Crippen LogP contribution is 2.41. The molecule has 2 radical (unpaired) electrons. The molecule has 0 N–H and O–H groups in total. The van der Waals surface area contributed by atoms with Crippen molar-refractivity contribution in [1.82, 2.24) is 0 Å². The van der Waals surface area contributed by atoms with Gasteiger partial charge in [0.05, 0.1) is 6.10 Å². The van der Waals surface area contributed by atoms with Crippen molar-refractivity contribution in [3.05, 3.63) is 19.1 Å². The molecule has 0 amide bonds. The smallest absolute Gasteiger partial charge is 0.191 e. The van der Waals surface area contributed by atoms with Gasteiger partial charge in [0.15, 0.2) is 14.6 Å². The summed E-state index contributed by atoms with van der Waals surface area (Å²) in [5.41, 5.74) is 0. The van der Waals surface area contributed by atoms with Gasteiger partial charge >= 0.3 is 0 Å². The molecule has 3 nitrogen and oxygen atoms in total. The zero-order valence-corrected chi connectivity index (χ0v) is 17.3. The monoisotopic (exact) mass is 352 g/mol. The van der Waals surface area contributed by atoms with Crippen LogP contribution in [-0.2, 0) is 13.9 Å². The first-order valence-corrected chi connectivity index (χ1v) is 12.4. The highest BCUT2D eigenvalue weighted by molar-refractivity contribution is 6.74. The van der Waals surface area contributed by atoms with Gasteiger partial charge in [-0.05, 0) is 62.6 Å². The highest BCUT2D eigenvalue weighted by atomic mass is 28.4. The van der Waals surface area contributed by atoms with Gasteiger partial charge in [0.25, 0.3) is 0 Å². The standard InChI is InChI=1S/C20H36O3Si/c1-7-10-16-12-13-18(23-19-11-8-9-14-21-19)17(16)15-22-24(5,6)20(2,3)4/h7,16-19H,1,8-11,13-15H2,2-6H3/t16-,17+,18+,19?/m1/s1. The quantitative estimate of drug-likeness (QED) is 0.465. The fourth-order valence-corrected chi connectivity index (χ4v) is 4.22. The summed E-state index contributed by atoms with van der Waals surface area (Å²) >= 11 is 0. The average molecular weight is 353 g/mol. The van der Waals surface area contributed by atoms with E-state index in [-0.39, 0.29) is 17.4 Å². The van der Waals surface area contributed by atoms with Crippen molar-refractivity contribution in [3.63, 3.8) is 0 Å². The summed E-state index contributed by atoms with van der Waals surface area (Å²) in [5, 5.41) is 0.232. The fraction of sp³-hybridized carbons (Fsp3) is 0.850. The summed E-state index contributed by atoms with van der Waals surface area (Å²) in [4.78, 5) is 0. The Labute approximate surface area is 150 Å². The molecule has 1 unspecified atom stereocenters. The molecule has 1 saturated heterocycles. The summed E-state index contributed by atoms with van der Waals surface area (Å²) in [6.07, 6.45) is 10.9. The predicted octanol–water partition coefficient (Wildman–Crippen LogP) is 5.21. The van der Waals surface area contributed by atoms with Crippen LogP contribution in [0.1, 0.15) is 52.9 Å². The zero-order chi connectivity index (χ0) is 17.8. The van der Waals surface area contributed by atoms with E-state index in [4.69, 9.17) is 13.9 Å². The van der Waals surface area contributed by atoms with Crippen molar-refractivity contribution < 1.29 is 13.9 Å². The molecule has 0 aromatic heterocycles. The first-order valence-electron chi connectivity index (χ1n) is 9.50. The fourth-order valence-electron chi connectivity index (χ4n) is 3.17. The van der Waals surface area contributed by atoms with Crippen LogP contribution in [0.15, 0.2) is 12.7 Å². The number of hydrogen-bond donors (Lipinski definition) is 0. The molecule has 0 spiro atoms. The normalized spacial score (nSPS) is 32.0. The maximum atomic E-state index is 6.52. The SMILES string of the molecule is C=CC[C@@H]1[C]C[C@H](OC2CCCCO2)[C@H]1CO[Si](C)(C)C(C)(C)C. The third kappa shape index (κ3) is 5.17. The second-order valence-corrected chi connectivity index (χ2v) is 13.6. The summed E-state index contributed by atoms with van der Waals surface area (Å²) in [6.45, 7) is 17.0. The van der Waals surface area contributed by atoms with Crippen LogP contribution in [0.3, 0.4) is 0 Å². The zero-order valence-electron chi connectivity index (χ0n) is 16.3. The number of rotatable bonds is 7. The maximum absolute atomic E-state index is 6.52. The third-order valence-electron chi connectivity index (χ3n) is 5.90. The molecule has 4 heteroatoms. The third-order valence-corrected chi connectivity index (χ3v) is 10.4. The summed E-state index contributed by atoms with van der Waals surface area (Å²) < 4.78 is 18.6. The van der Waals surface area contributed by atoms with E-state index in [0.29, 0.717) is 11.8 Å². The molecule has 138 valence electrons. The maximum Gasteiger partial charge on any atom is 0.191 e. The van der Waals surface area contributed by atoms with E-state index in [1.807, 2.05) is 6.08 Å². The largest absolute Gasteiger partial charge is 0.416 e. The second-order valence-electron chi connectivity index (χ2n) is 8.74. The van der Waals surface area contributed by atoms with Crippen molar-refractivity contribution in [3.8, 4) is 0 Å². The van der Waals surface area contributed by atoms with Crippen LogP contribution in [-0.4, -0.2) is 33.9 Å². The molecule has 1 heterocycles. The van der Waals surface area contributed by atoms with Crippen molar-refractivity contribution in [2.75, 3.05) is 13.2 Å². The summed E-state index contributed by atoms with van der Waals surface area (Å²) in [6, 6.07) is 0. The van der Waals surface area contributed by atoms with Crippen LogP contribution in [0.5, 0.6) is 0 Å².